The molecule has 146 valence electrons. The predicted octanol–water partition coefficient (Wildman–Crippen LogP) is 3.29. The van der Waals surface area contributed by atoms with Crippen molar-refractivity contribution in [2.24, 2.45) is 0 Å². The molecule has 7 nitrogen and oxygen atoms in total. The van der Waals surface area contributed by atoms with Crippen molar-refractivity contribution in [2.45, 2.75) is 13.8 Å². The molecule has 1 fully saturated rings. The Labute approximate surface area is 167 Å². The van der Waals surface area contributed by atoms with Crippen molar-refractivity contribution in [3.63, 3.8) is 0 Å². The van der Waals surface area contributed by atoms with Gasteiger partial charge < -0.3 is 9.64 Å². The topological polar surface area (TPSA) is 72.6 Å². The van der Waals surface area contributed by atoms with Gasteiger partial charge in [0.05, 0.1) is 36.2 Å². The van der Waals surface area contributed by atoms with Crippen molar-refractivity contribution in [1.82, 2.24) is 19.6 Å². The third kappa shape index (κ3) is 2.94. The van der Waals surface area contributed by atoms with Gasteiger partial charge in [-0.1, -0.05) is 18.2 Å². The number of benzene rings is 1. The number of hydrogen-bond acceptors (Lipinski definition) is 6. The molecule has 1 saturated heterocycles. The summed E-state index contributed by atoms with van der Waals surface area (Å²) < 4.78 is 7.23. The van der Waals surface area contributed by atoms with Gasteiger partial charge in [-0.3, -0.25) is 9.78 Å². The summed E-state index contributed by atoms with van der Waals surface area (Å²) in [5, 5.41) is 5.60. The molecule has 1 aliphatic rings. The molecule has 0 radical (unpaired) electrons. The van der Waals surface area contributed by atoms with Gasteiger partial charge in [-0.2, -0.15) is 5.10 Å². The lowest BCUT2D eigenvalue weighted by Crippen LogP contribution is -2.38. The van der Waals surface area contributed by atoms with Crippen LogP contribution in [0.4, 0.5) is 5.82 Å². The maximum atomic E-state index is 12.4. The second kappa shape index (κ2) is 6.93. The summed E-state index contributed by atoms with van der Waals surface area (Å²) >= 11 is 0. The van der Waals surface area contributed by atoms with Gasteiger partial charge in [-0.05, 0) is 26.0 Å². The van der Waals surface area contributed by atoms with E-state index in [-0.39, 0.29) is 5.78 Å². The first-order valence-electron chi connectivity index (χ1n) is 9.70. The molecule has 1 aliphatic heterocycles. The number of morpholine rings is 1. The Hall–Kier alpha value is -3.32. The van der Waals surface area contributed by atoms with Crippen LogP contribution in [0.3, 0.4) is 0 Å². The smallest absolute Gasteiger partial charge is 0.165 e. The fourth-order valence-electron chi connectivity index (χ4n) is 3.96. The number of carbonyl (C=O) groups excluding carboxylic acids is 1. The summed E-state index contributed by atoms with van der Waals surface area (Å²) in [6, 6.07) is 10.1. The largest absolute Gasteiger partial charge is 0.378 e. The summed E-state index contributed by atoms with van der Waals surface area (Å²) in [5.41, 5.74) is 4.94. The van der Waals surface area contributed by atoms with E-state index in [9.17, 15) is 4.79 Å². The van der Waals surface area contributed by atoms with Crippen LogP contribution >= 0.6 is 0 Å². The normalized spacial score (nSPS) is 14.6. The highest BCUT2D eigenvalue weighted by atomic mass is 16.5. The number of Topliss-reactive ketones (excluding diaryl/α,β-unsaturated/α-hetero) is 1. The molecule has 0 spiro atoms. The van der Waals surface area contributed by atoms with Gasteiger partial charge in [0.15, 0.2) is 11.4 Å². The van der Waals surface area contributed by atoms with Gasteiger partial charge in [0.2, 0.25) is 0 Å². The molecular weight excluding hydrogens is 366 g/mol. The number of aromatic nitrogens is 4. The number of rotatable bonds is 3. The SMILES string of the molecule is CC(=O)c1c(N2CCOCC2)nc2c(-c3cnc4ccccc4c3)cnn2c1C. The lowest BCUT2D eigenvalue weighted by molar-refractivity contribution is 0.101. The maximum Gasteiger partial charge on any atom is 0.165 e. The number of ether oxygens (including phenoxy) is 1. The lowest BCUT2D eigenvalue weighted by atomic mass is 10.1. The maximum absolute atomic E-state index is 12.4. The first-order chi connectivity index (χ1) is 14.1. The molecule has 0 unspecified atom stereocenters. The number of fused-ring (bicyclic) bond motifs is 2. The van der Waals surface area contributed by atoms with Gasteiger partial charge in [-0.25, -0.2) is 9.50 Å². The number of para-hydroxylation sites is 1. The van der Waals surface area contributed by atoms with E-state index in [4.69, 9.17) is 9.72 Å². The Morgan fingerprint density at radius 1 is 1.14 bits per heavy atom. The Balaban J connectivity index is 1.73. The van der Waals surface area contributed by atoms with E-state index >= 15 is 0 Å². The number of ketones is 1. The summed E-state index contributed by atoms with van der Waals surface area (Å²) in [6.07, 6.45) is 3.65. The molecule has 7 heteroatoms. The van der Waals surface area contributed by atoms with Crippen LogP contribution in [-0.2, 0) is 4.74 Å². The fourth-order valence-corrected chi connectivity index (χ4v) is 3.96. The van der Waals surface area contributed by atoms with Crippen LogP contribution in [0.2, 0.25) is 0 Å². The molecule has 0 saturated carbocycles. The van der Waals surface area contributed by atoms with Crippen LogP contribution in [0.25, 0.3) is 27.7 Å². The molecule has 1 aromatic carbocycles. The molecule has 3 aromatic heterocycles. The lowest BCUT2D eigenvalue weighted by Gasteiger charge is -2.29. The third-order valence-electron chi connectivity index (χ3n) is 5.42. The fraction of sp³-hybridized carbons (Fsp3) is 0.273. The standard InChI is InChI=1S/C22H21N5O2/c1-14-20(15(2)28)22(26-7-9-29-10-8-26)25-21-18(13-24-27(14)21)17-11-16-5-3-4-6-19(16)23-12-17/h3-6,11-13H,7-10H2,1-2H3. The van der Waals surface area contributed by atoms with E-state index in [2.05, 4.69) is 21.0 Å². The summed E-state index contributed by atoms with van der Waals surface area (Å²) in [6.45, 7) is 6.18. The molecule has 0 bridgehead atoms. The van der Waals surface area contributed by atoms with Crippen LogP contribution in [0.15, 0.2) is 42.7 Å². The van der Waals surface area contributed by atoms with Gasteiger partial charge in [-0.15, -0.1) is 0 Å². The molecule has 0 atom stereocenters. The summed E-state index contributed by atoms with van der Waals surface area (Å²) in [5.74, 6) is 0.698. The number of anilines is 1. The van der Waals surface area contributed by atoms with Crippen LogP contribution in [0.1, 0.15) is 23.0 Å². The number of carbonyl (C=O) groups is 1. The minimum Gasteiger partial charge on any atom is -0.378 e. The summed E-state index contributed by atoms with van der Waals surface area (Å²) in [4.78, 5) is 24.1. The molecule has 29 heavy (non-hydrogen) atoms. The molecule has 4 aromatic rings. The van der Waals surface area contributed by atoms with Crippen molar-refractivity contribution in [2.75, 3.05) is 31.2 Å². The van der Waals surface area contributed by atoms with Crippen LogP contribution in [0.5, 0.6) is 0 Å². The van der Waals surface area contributed by atoms with Gasteiger partial charge in [0.1, 0.15) is 5.82 Å². The minimum atomic E-state index is -0.0113. The van der Waals surface area contributed by atoms with Crippen LogP contribution in [0, 0.1) is 6.92 Å². The number of hydrogen-bond donors (Lipinski definition) is 0. The molecule has 4 heterocycles. The van der Waals surface area contributed by atoms with Crippen molar-refractivity contribution in [3.8, 4) is 11.1 Å². The van der Waals surface area contributed by atoms with Crippen LogP contribution in [-0.4, -0.2) is 51.7 Å². The molecule has 0 N–H and O–H groups in total. The molecular formula is C22H21N5O2. The zero-order valence-corrected chi connectivity index (χ0v) is 16.4. The highest BCUT2D eigenvalue weighted by Gasteiger charge is 2.24. The Bertz CT molecular complexity index is 1240. The Morgan fingerprint density at radius 2 is 1.93 bits per heavy atom. The summed E-state index contributed by atoms with van der Waals surface area (Å²) in [7, 11) is 0. The van der Waals surface area contributed by atoms with E-state index in [0.717, 1.165) is 33.4 Å². The number of nitrogens with zero attached hydrogens (tertiary/aromatic N) is 5. The first kappa shape index (κ1) is 17.8. The quantitative estimate of drug-likeness (QED) is 0.502. The Kier molecular flexibility index (Phi) is 4.24. The van der Waals surface area contributed by atoms with E-state index in [1.165, 1.54) is 0 Å². The number of aryl methyl sites for hydroxylation is 1. The monoisotopic (exact) mass is 387 g/mol. The zero-order valence-electron chi connectivity index (χ0n) is 16.4. The van der Waals surface area contributed by atoms with E-state index in [1.54, 1.807) is 17.6 Å². The molecule has 0 amide bonds. The molecule has 0 aliphatic carbocycles. The minimum absolute atomic E-state index is 0.0113. The van der Waals surface area contributed by atoms with Gasteiger partial charge in [0.25, 0.3) is 0 Å². The average molecular weight is 387 g/mol. The number of pyridine rings is 1. The molecule has 5 rings (SSSR count). The van der Waals surface area contributed by atoms with E-state index in [1.807, 2.05) is 37.4 Å². The van der Waals surface area contributed by atoms with E-state index < -0.39 is 0 Å². The van der Waals surface area contributed by atoms with Crippen molar-refractivity contribution >= 4 is 28.2 Å². The van der Waals surface area contributed by atoms with Crippen molar-refractivity contribution in [1.29, 1.82) is 0 Å². The zero-order chi connectivity index (χ0) is 20.0. The second-order valence-corrected chi connectivity index (χ2v) is 7.26. The average Bonchev–Trinajstić information content (AvgIpc) is 3.18. The highest BCUT2D eigenvalue weighted by Crippen LogP contribution is 2.30. The first-order valence-corrected chi connectivity index (χ1v) is 9.70. The highest BCUT2D eigenvalue weighted by molar-refractivity contribution is 6.01. The van der Waals surface area contributed by atoms with Crippen molar-refractivity contribution < 1.29 is 9.53 Å². The van der Waals surface area contributed by atoms with E-state index in [0.29, 0.717) is 37.7 Å². The van der Waals surface area contributed by atoms with Gasteiger partial charge >= 0.3 is 0 Å². The van der Waals surface area contributed by atoms with Crippen LogP contribution < -0.4 is 4.90 Å². The Morgan fingerprint density at radius 3 is 2.72 bits per heavy atom. The second-order valence-electron chi connectivity index (χ2n) is 7.26. The third-order valence-corrected chi connectivity index (χ3v) is 5.42. The van der Waals surface area contributed by atoms with Gasteiger partial charge in [0, 0.05) is 35.8 Å². The van der Waals surface area contributed by atoms with Crippen molar-refractivity contribution in [3.05, 3.63) is 54.0 Å². The predicted molar refractivity (Wildman–Crippen MR) is 111 cm³/mol.